The van der Waals surface area contributed by atoms with Crippen molar-refractivity contribution in [1.82, 2.24) is 5.32 Å². The minimum atomic E-state index is -1.17. The van der Waals surface area contributed by atoms with Crippen LogP contribution in [0.3, 0.4) is 0 Å². The molecule has 0 radical (unpaired) electrons. The number of aldehydes is 1. The Balaban J connectivity index is 0.000000314. The highest BCUT2D eigenvalue weighted by Crippen LogP contribution is 2.35. The summed E-state index contributed by atoms with van der Waals surface area (Å²) in [6.45, 7) is 9.51. The number of nitrogen functional groups attached to an aromatic ring is 1. The number of rotatable bonds is 8. The highest BCUT2D eigenvalue weighted by Gasteiger charge is 2.19. The standard InChI is InChI=1S/C11H7ClFNO2S.C10H16N2O/c12-5-1-2-6(8(13)3-5)7-4-17-10(14)9(7)11(15)16;1-4-9(11)10(5-2)12-6-8(3)7-13/h1-4H,14H2,(H,15,16);4-5,7-8,12H,1-2,6,11H2,3H3/b;10-9-. The van der Waals surface area contributed by atoms with Crippen molar-refractivity contribution in [2.24, 2.45) is 11.7 Å². The van der Waals surface area contributed by atoms with E-state index >= 15 is 0 Å². The number of carbonyl (C=O) groups is 2. The first-order chi connectivity index (χ1) is 14.2. The summed E-state index contributed by atoms with van der Waals surface area (Å²) in [4.78, 5) is 21.3. The van der Waals surface area contributed by atoms with Gasteiger partial charge in [-0.25, -0.2) is 9.18 Å². The van der Waals surface area contributed by atoms with Crippen LogP contribution in [0.2, 0.25) is 5.02 Å². The van der Waals surface area contributed by atoms with Crippen LogP contribution in [0.5, 0.6) is 0 Å². The molecular weight excluding hydrogens is 429 g/mol. The Labute approximate surface area is 183 Å². The summed E-state index contributed by atoms with van der Waals surface area (Å²) < 4.78 is 13.7. The number of halogens is 2. The van der Waals surface area contributed by atoms with Gasteiger partial charge in [-0.1, -0.05) is 31.7 Å². The molecule has 1 heterocycles. The zero-order valence-electron chi connectivity index (χ0n) is 16.3. The monoisotopic (exact) mass is 451 g/mol. The predicted molar refractivity (Wildman–Crippen MR) is 121 cm³/mol. The topological polar surface area (TPSA) is 118 Å². The maximum absolute atomic E-state index is 13.7. The van der Waals surface area contributed by atoms with Gasteiger partial charge < -0.3 is 26.7 Å². The summed E-state index contributed by atoms with van der Waals surface area (Å²) in [6, 6.07) is 4.07. The Hall–Kier alpha value is -3.10. The molecule has 0 spiro atoms. The molecule has 1 unspecified atom stereocenters. The van der Waals surface area contributed by atoms with Crippen LogP contribution >= 0.6 is 22.9 Å². The third-order valence-electron chi connectivity index (χ3n) is 3.84. The second kappa shape index (κ2) is 11.8. The smallest absolute Gasteiger partial charge is 0.339 e. The molecule has 0 aliphatic carbocycles. The number of thiophene rings is 1. The van der Waals surface area contributed by atoms with Gasteiger partial charge in [0.1, 0.15) is 22.7 Å². The van der Waals surface area contributed by atoms with Crippen molar-refractivity contribution in [1.29, 1.82) is 0 Å². The van der Waals surface area contributed by atoms with Gasteiger partial charge in [0.25, 0.3) is 0 Å². The number of allylic oxidation sites excluding steroid dienone is 2. The number of nitrogens with two attached hydrogens (primary N) is 2. The van der Waals surface area contributed by atoms with Gasteiger partial charge in [0.05, 0.1) is 11.4 Å². The largest absolute Gasteiger partial charge is 0.478 e. The Morgan fingerprint density at radius 3 is 2.53 bits per heavy atom. The summed E-state index contributed by atoms with van der Waals surface area (Å²) >= 11 is 6.70. The molecule has 0 amide bonds. The fourth-order valence-corrected chi connectivity index (χ4v) is 3.18. The lowest BCUT2D eigenvalue weighted by Gasteiger charge is -2.10. The van der Waals surface area contributed by atoms with Crippen molar-refractivity contribution in [2.45, 2.75) is 6.92 Å². The molecule has 0 bridgehead atoms. The van der Waals surface area contributed by atoms with Crippen LogP contribution < -0.4 is 16.8 Å². The molecule has 160 valence electrons. The van der Waals surface area contributed by atoms with E-state index in [9.17, 15) is 14.0 Å². The van der Waals surface area contributed by atoms with E-state index in [0.717, 1.165) is 23.7 Å². The van der Waals surface area contributed by atoms with E-state index in [1.165, 1.54) is 23.6 Å². The summed E-state index contributed by atoms with van der Waals surface area (Å²) in [5, 5.41) is 14.0. The second-order valence-corrected chi connectivity index (χ2v) is 7.44. The van der Waals surface area contributed by atoms with Gasteiger partial charge in [-0.05, 0) is 30.4 Å². The van der Waals surface area contributed by atoms with Crippen LogP contribution in [0.25, 0.3) is 11.1 Å². The quantitative estimate of drug-likeness (QED) is 0.348. The predicted octanol–water partition coefficient (Wildman–Crippen LogP) is 4.44. The van der Waals surface area contributed by atoms with Gasteiger partial charge in [-0.15, -0.1) is 11.3 Å². The van der Waals surface area contributed by atoms with E-state index in [4.69, 9.17) is 28.2 Å². The first-order valence-corrected chi connectivity index (χ1v) is 9.91. The maximum Gasteiger partial charge on any atom is 0.339 e. The number of hydrogen-bond acceptors (Lipinski definition) is 6. The minimum absolute atomic E-state index is 0.0347. The molecule has 1 aromatic carbocycles. The van der Waals surface area contributed by atoms with Crippen molar-refractivity contribution in [3.8, 4) is 11.1 Å². The highest BCUT2D eigenvalue weighted by atomic mass is 35.5. The molecule has 6 N–H and O–H groups in total. The van der Waals surface area contributed by atoms with E-state index in [1.54, 1.807) is 6.08 Å². The zero-order chi connectivity index (χ0) is 22.8. The molecule has 0 saturated carbocycles. The van der Waals surface area contributed by atoms with Crippen LogP contribution in [0.15, 0.2) is 60.3 Å². The van der Waals surface area contributed by atoms with Crippen LogP contribution in [0, 0.1) is 11.7 Å². The maximum atomic E-state index is 13.7. The van der Waals surface area contributed by atoms with Crippen molar-refractivity contribution in [3.05, 3.63) is 76.7 Å². The molecule has 30 heavy (non-hydrogen) atoms. The molecule has 1 aromatic heterocycles. The lowest BCUT2D eigenvalue weighted by molar-refractivity contribution is -0.110. The average molecular weight is 452 g/mol. The lowest BCUT2D eigenvalue weighted by atomic mass is 10.0. The number of carboxylic acid groups (broad SMARTS) is 1. The van der Waals surface area contributed by atoms with E-state index < -0.39 is 11.8 Å². The van der Waals surface area contributed by atoms with Gasteiger partial charge in [0.2, 0.25) is 0 Å². The highest BCUT2D eigenvalue weighted by molar-refractivity contribution is 7.14. The van der Waals surface area contributed by atoms with Crippen LogP contribution in [0.4, 0.5) is 9.39 Å². The average Bonchev–Trinajstić information content (AvgIpc) is 3.09. The minimum Gasteiger partial charge on any atom is -0.478 e. The number of anilines is 1. The van der Waals surface area contributed by atoms with Crippen molar-refractivity contribution in [2.75, 3.05) is 12.3 Å². The van der Waals surface area contributed by atoms with Gasteiger partial charge in [-0.3, -0.25) is 0 Å². The number of hydrogen-bond donors (Lipinski definition) is 4. The summed E-state index contributed by atoms with van der Waals surface area (Å²) in [6.07, 6.45) is 4.03. The number of carbonyl (C=O) groups excluding carboxylic acids is 1. The van der Waals surface area contributed by atoms with E-state index in [2.05, 4.69) is 18.5 Å². The molecule has 2 aromatic rings. The fraction of sp³-hybridized carbons (Fsp3) is 0.143. The van der Waals surface area contributed by atoms with Gasteiger partial charge in [0, 0.05) is 34.0 Å². The summed E-state index contributed by atoms with van der Waals surface area (Å²) in [5.74, 6) is -1.78. The molecule has 9 heteroatoms. The third kappa shape index (κ3) is 6.75. The van der Waals surface area contributed by atoms with E-state index in [1.807, 2.05) is 6.92 Å². The summed E-state index contributed by atoms with van der Waals surface area (Å²) in [7, 11) is 0. The number of aromatic carboxylic acids is 1. The third-order valence-corrected chi connectivity index (χ3v) is 4.88. The molecule has 0 aliphatic rings. The fourth-order valence-electron chi connectivity index (χ4n) is 2.22. The molecule has 6 nitrogen and oxygen atoms in total. The van der Waals surface area contributed by atoms with Gasteiger partial charge >= 0.3 is 5.97 Å². The normalized spacial score (nSPS) is 12.0. The Kier molecular flexibility index (Phi) is 9.80. The van der Waals surface area contributed by atoms with Gasteiger partial charge in [-0.2, -0.15) is 0 Å². The van der Waals surface area contributed by atoms with Crippen molar-refractivity contribution in [3.63, 3.8) is 0 Å². The Morgan fingerprint density at radius 1 is 1.37 bits per heavy atom. The molecule has 0 aliphatic heterocycles. The Morgan fingerprint density at radius 2 is 2.03 bits per heavy atom. The van der Waals surface area contributed by atoms with Crippen LogP contribution in [0.1, 0.15) is 17.3 Å². The van der Waals surface area contributed by atoms with E-state index in [0.29, 0.717) is 17.9 Å². The van der Waals surface area contributed by atoms with Crippen LogP contribution in [-0.2, 0) is 4.79 Å². The zero-order valence-corrected chi connectivity index (χ0v) is 17.9. The van der Waals surface area contributed by atoms with Crippen molar-refractivity contribution < 1.29 is 19.1 Å². The SMILES string of the molecule is C=C/C(N)=C(\C=C)NCC(C)C=O.Nc1scc(-c2ccc(Cl)cc2F)c1C(=O)O. The Bertz CT molecular complexity index is 972. The molecule has 1 atom stereocenters. The molecule has 2 rings (SSSR count). The number of benzene rings is 1. The first kappa shape index (κ1) is 24.9. The van der Waals surface area contributed by atoms with Gasteiger partial charge in [0.15, 0.2) is 0 Å². The van der Waals surface area contributed by atoms with E-state index in [-0.39, 0.29) is 32.6 Å². The van der Waals surface area contributed by atoms with Crippen LogP contribution in [-0.4, -0.2) is 23.9 Å². The number of nitrogens with one attached hydrogen (secondary N) is 1. The molecule has 0 saturated heterocycles. The number of carboxylic acids is 1. The first-order valence-electron chi connectivity index (χ1n) is 8.65. The van der Waals surface area contributed by atoms with Crippen molar-refractivity contribution >= 4 is 40.2 Å². The second-order valence-electron chi connectivity index (χ2n) is 6.09. The molecular formula is C21H23ClFN3O3S. The lowest BCUT2D eigenvalue weighted by Crippen LogP contribution is -2.22. The summed E-state index contributed by atoms with van der Waals surface area (Å²) in [5.41, 5.74) is 12.8. The molecule has 0 fully saturated rings.